The molecule has 0 aliphatic heterocycles. The second-order valence-corrected chi connectivity index (χ2v) is 11.6. The number of fused-ring (bicyclic) bond motifs is 2. The monoisotopic (exact) mass is 561 g/mol. The number of hydrogen-bond donors (Lipinski definition) is 1. The van der Waals surface area contributed by atoms with E-state index in [-0.39, 0.29) is 35.9 Å². The molecule has 1 N–H and O–H groups in total. The number of aromatic nitrogens is 1. The van der Waals surface area contributed by atoms with Gasteiger partial charge in [0.05, 0.1) is 40.5 Å². The van der Waals surface area contributed by atoms with E-state index in [4.69, 9.17) is 9.47 Å². The summed E-state index contributed by atoms with van der Waals surface area (Å²) in [5.41, 5.74) is 2.49. The fourth-order valence-corrected chi connectivity index (χ4v) is 7.22. The number of anilines is 1. The van der Waals surface area contributed by atoms with Gasteiger partial charge in [-0.2, -0.15) is 4.99 Å². The van der Waals surface area contributed by atoms with Crippen LogP contribution in [0.5, 0.6) is 5.75 Å². The van der Waals surface area contributed by atoms with Crippen LogP contribution in [-0.2, 0) is 34.2 Å². The van der Waals surface area contributed by atoms with Crippen LogP contribution >= 0.6 is 34.4 Å². The van der Waals surface area contributed by atoms with Gasteiger partial charge in [-0.3, -0.25) is 9.59 Å². The van der Waals surface area contributed by atoms with Crippen LogP contribution in [0.15, 0.2) is 23.2 Å². The lowest BCUT2D eigenvalue weighted by atomic mass is 10.1. The molecule has 2 aromatic heterocycles. The highest BCUT2D eigenvalue weighted by molar-refractivity contribution is 8.00. The lowest BCUT2D eigenvalue weighted by molar-refractivity contribution is -0.115. The Bertz CT molecular complexity index is 1370. The van der Waals surface area contributed by atoms with E-state index in [1.165, 1.54) is 34.4 Å². The molecule has 0 saturated carbocycles. The van der Waals surface area contributed by atoms with Crippen LogP contribution in [0.3, 0.4) is 0 Å². The molecular formula is C26H31N3O5S3. The molecule has 2 heterocycles. The van der Waals surface area contributed by atoms with Gasteiger partial charge in [0.25, 0.3) is 5.91 Å². The molecule has 1 aliphatic rings. The summed E-state index contributed by atoms with van der Waals surface area (Å²) in [5.74, 6) is 0.00325. The van der Waals surface area contributed by atoms with Crippen molar-refractivity contribution in [1.29, 1.82) is 0 Å². The van der Waals surface area contributed by atoms with Gasteiger partial charge in [-0.05, 0) is 63.3 Å². The van der Waals surface area contributed by atoms with Crippen molar-refractivity contribution in [1.82, 2.24) is 4.57 Å². The predicted molar refractivity (Wildman–Crippen MR) is 150 cm³/mol. The van der Waals surface area contributed by atoms with Crippen molar-refractivity contribution in [3.8, 4) is 5.75 Å². The number of ether oxygens (including phenoxy) is 2. The van der Waals surface area contributed by atoms with Crippen molar-refractivity contribution in [2.75, 3.05) is 30.0 Å². The van der Waals surface area contributed by atoms with Crippen LogP contribution in [0.2, 0.25) is 0 Å². The molecule has 0 saturated heterocycles. The molecule has 0 fully saturated rings. The van der Waals surface area contributed by atoms with Crippen molar-refractivity contribution in [3.63, 3.8) is 0 Å². The summed E-state index contributed by atoms with van der Waals surface area (Å²) in [6.45, 7) is 4.58. The van der Waals surface area contributed by atoms with Crippen molar-refractivity contribution < 1.29 is 23.9 Å². The van der Waals surface area contributed by atoms with Gasteiger partial charge >= 0.3 is 5.97 Å². The molecule has 3 aromatic rings. The minimum Gasteiger partial charge on any atom is -0.494 e. The molecule has 11 heteroatoms. The number of amides is 2. The minimum absolute atomic E-state index is 0.0809. The number of thiazole rings is 1. The van der Waals surface area contributed by atoms with E-state index in [1.54, 1.807) is 6.92 Å². The summed E-state index contributed by atoms with van der Waals surface area (Å²) in [6.07, 6.45) is 4.97. The zero-order valence-electron chi connectivity index (χ0n) is 21.3. The number of thioether (sulfide) groups is 1. The summed E-state index contributed by atoms with van der Waals surface area (Å²) in [7, 11) is 1.87. The molecule has 0 bridgehead atoms. The summed E-state index contributed by atoms with van der Waals surface area (Å²) >= 11 is 4.09. The van der Waals surface area contributed by atoms with Gasteiger partial charge in [0.15, 0.2) is 4.80 Å². The van der Waals surface area contributed by atoms with Crippen molar-refractivity contribution >= 4 is 67.4 Å². The molecule has 1 aromatic carbocycles. The lowest BCUT2D eigenvalue weighted by Crippen LogP contribution is -2.18. The van der Waals surface area contributed by atoms with Crippen LogP contribution in [-0.4, -0.2) is 47.1 Å². The van der Waals surface area contributed by atoms with E-state index in [2.05, 4.69) is 10.3 Å². The molecule has 0 radical (unpaired) electrons. The predicted octanol–water partition coefficient (Wildman–Crippen LogP) is 4.94. The molecule has 0 atom stereocenters. The van der Waals surface area contributed by atoms with Crippen molar-refractivity contribution in [3.05, 3.63) is 39.0 Å². The van der Waals surface area contributed by atoms with Crippen LogP contribution in [0.25, 0.3) is 10.2 Å². The third-order valence-electron chi connectivity index (χ3n) is 5.92. The fraction of sp³-hybridized carbons (Fsp3) is 0.462. The maximum absolute atomic E-state index is 12.7. The Hall–Kier alpha value is -2.63. The summed E-state index contributed by atoms with van der Waals surface area (Å²) in [4.78, 5) is 43.9. The number of rotatable bonds is 9. The highest BCUT2D eigenvalue weighted by Crippen LogP contribution is 2.38. The number of benzene rings is 1. The van der Waals surface area contributed by atoms with Crippen LogP contribution in [0, 0.1) is 0 Å². The fourth-order valence-electron chi connectivity index (χ4n) is 4.26. The first-order chi connectivity index (χ1) is 17.9. The SMILES string of the molecule is CCOC(=O)c1c(NC(=O)CSCC(=O)N=c2sc3cc(OCC)ccc3n2C)sc2c1CCCCC2. The number of hydrogen-bond acceptors (Lipinski definition) is 8. The van der Waals surface area contributed by atoms with Crippen molar-refractivity contribution in [2.45, 2.75) is 46.0 Å². The Balaban J connectivity index is 1.38. The number of nitrogens with zero attached hydrogens (tertiary/aromatic N) is 2. The number of thiophene rings is 1. The Morgan fingerprint density at radius 1 is 1.08 bits per heavy atom. The Morgan fingerprint density at radius 3 is 2.68 bits per heavy atom. The van der Waals surface area contributed by atoms with Gasteiger partial charge in [-0.15, -0.1) is 23.1 Å². The number of carbonyl (C=O) groups excluding carboxylic acids is 3. The topological polar surface area (TPSA) is 99.0 Å². The van der Waals surface area contributed by atoms with E-state index in [9.17, 15) is 14.4 Å². The van der Waals surface area contributed by atoms with E-state index < -0.39 is 0 Å². The van der Waals surface area contributed by atoms with E-state index >= 15 is 0 Å². The molecule has 0 spiro atoms. The summed E-state index contributed by atoms with van der Waals surface area (Å²) < 4.78 is 13.7. The van der Waals surface area contributed by atoms with E-state index in [0.29, 0.717) is 22.0 Å². The zero-order valence-corrected chi connectivity index (χ0v) is 23.7. The Kier molecular flexibility index (Phi) is 9.44. The van der Waals surface area contributed by atoms with Crippen molar-refractivity contribution in [2.24, 2.45) is 12.0 Å². The second kappa shape index (κ2) is 12.7. The lowest BCUT2D eigenvalue weighted by Gasteiger charge is -2.08. The minimum atomic E-state index is -0.386. The number of nitrogens with one attached hydrogen (secondary N) is 1. The molecule has 2 amide bonds. The first-order valence-corrected chi connectivity index (χ1v) is 15.2. The number of carbonyl (C=O) groups is 3. The first-order valence-electron chi connectivity index (χ1n) is 12.4. The highest BCUT2D eigenvalue weighted by Gasteiger charge is 2.26. The maximum Gasteiger partial charge on any atom is 0.341 e. The average molecular weight is 562 g/mol. The smallest absolute Gasteiger partial charge is 0.341 e. The van der Waals surface area contributed by atoms with Gasteiger partial charge in [0.2, 0.25) is 5.91 Å². The second-order valence-electron chi connectivity index (χ2n) is 8.54. The quantitative estimate of drug-likeness (QED) is 0.293. The molecule has 198 valence electrons. The first kappa shape index (κ1) is 27.4. The van der Waals surface area contributed by atoms with Gasteiger partial charge in [0.1, 0.15) is 10.8 Å². The number of esters is 1. The molecule has 8 nitrogen and oxygen atoms in total. The van der Waals surface area contributed by atoms with Crippen LogP contribution < -0.4 is 14.9 Å². The van der Waals surface area contributed by atoms with E-state index in [0.717, 1.165) is 58.5 Å². The van der Waals surface area contributed by atoms with Gasteiger partial charge in [-0.1, -0.05) is 17.8 Å². The van der Waals surface area contributed by atoms with Crippen LogP contribution in [0.4, 0.5) is 5.00 Å². The summed E-state index contributed by atoms with van der Waals surface area (Å²) in [6, 6.07) is 5.80. The molecule has 37 heavy (non-hydrogen) atoms. The zero-order chi connectivity index (χ0) is 26.4. The van der Waals surface area contributed by atoms with Gasteiger partial charge in [-0.25, -0.2) is 4.79 Å². The molecule has 4 rings (SSSR count). The number of aryl methyl sites for hydroxylation is 2. The van der Waals surface area contributed by atoms with E-state index in [1.807, 2.05) is 36.7 Å². The average Bonchev–Trinajstić information content (AvgIpc) is 3.25. The normalized spacial score (nSPS) is 13.8. The highest BCUT2D eigenvalue weighted by atomic mass is 32.2. The largest absolute Gasteiger partial charge is 0.494 e. The maximum atomic E-state index is 12.7. The molecule has 1 aliphatic carbocycles. The van der Waals surface area contributed by atoms with Crippen LogP contribution in [0.1, 0.15) is 53.9 Å². The Labute approximate surface area is 228 Å². The van der Waals surface area contributed by atoms with Gasteiger partial charge < -0.3 is 19.4 Å². The molecule has 0 unspecified atom stereocenters. The summed E-state index contributed by atoms with van der Waals surface area (Å²) in [5, 5.41) is 3.45. The third-order valence-corrected chi connectivity index (χ3v) is 9.14. The van der Waals surface area contributed by atoms with Gasteiger partial charge in [0, 0.05) is 11.9 Å². The third kappa shape index (κ3) is 6.63. The Morgan fingerprint density at radius 2 is 1.89 bits per heavy atom. The molecular weight excluding hydrogens is 531 g/mol. The standard InChI is InChI=1S/C26H31N3O5S3/c1-4-33-16-11-12-18-20(13-16)37-26(29(18)3)28-22(31)15-35-14-21(30)27-24-23(25(32)34-5-2)17-9-7-6-8-10-19(17)36-24/h11-13H,4-10,14-15H2,1-3H3,(H,27,30).